The van der Waals surface area contributed by atoms with Crippen LogP contribution in [0, 0.1) is 5.92 Å². The number of hydrogen-bond donors (Lipinski definition) is 2. The van der Waals surface area contributed by atoms with Gasteiger partial charge in [0.15, 0.2) is 0 Å². The number of halogens is 1. The number of carbonyl (C=O) groups is 1. The molecular weight excluding hydrogens is 168 g/mol. The van der Waals surface area contributed by atoms with Crippen LogP contribution in [0.25, 0.3) is 0 Å². The first-order valence-corrected chi connectivity index (χ1v) is 3.42. The van der Waals surface area contributed by atoms with E-state index in [2.05, 4.69) is 0 Å². The van der Waals surface area contributed by atoms with E-state index in [1.54, 1.807) is 5.01 Å². The normalized spacial score (nSPS) is 25.7. The monoisotopic (exact) mass is 180 g/mol. The number of nitrogens with zero attached hydrogens (tertiary/aromatic N) is 1. The molecule has 0 aromatic heterocycles. The maximum absolute atomic E-state index is 10.4. The Morgan fingerprint density at radius 3 is 2.64 bits per heavy atom. The van der Waals surface area contributed by atoms with E-state index in [9.17, 15) is 4.79 Å². The topological polar surface area (TPSA) is 66.6 Å². The third kappa shape index (κ3) is 3.05. The van der Waals surface area contributed by atoms with Gasteiger partial charge in [-0.05, 0) is 12.8 Å². The molecule has 1 fully saturated rings. The van der Waals surface area contributed by atoms with Crippen LogP contribution in [0.15, 0.2) is 0 Å². The Morgan fingerprint density at radius 1 is 1.64 bits per heavy atom. The molecular formula is C6H13ClN2O2. The van der Waals surface area contributed by atoms with Crippen molar-refractivity contribution in [1.82, 2.24) is 5.01 Å². The van der Waals surface area contributed by atoms with Crippen LogP contribution in [0.3, 0.4) is 0 Å². The van der Waals surface area contributed by atoms with E-state index in [4.69, 9.17) is 10.9 Å². The summed E-state index contributed by atoms with van der Waals surface area (Å²) < 4.78 is 0. The van der Waals surface area contributed by atoms with Crippen LogP contribution in [0.5, 0.6) is 0 Å². The lowest BCUT2D eigenvalue weighted by Gasteiger charge is -2.26. The molecule has 66 valence electrons. The zero-order valence-electron chi connectivity index (χ0n) is 6.19. The van der Waals surface area contributed by atoms with Crippen LogP contribution in [0.2, 0.25) is 0 Å². The van der Waals surface area contributed by atoms with Gasteiger partial charge >= 0.3 is 5.97 Å². The standard InChI is InChI=1S/C6H12N2O2.ClH/c7-8-3-1-2-5(4-8)6(9)10;/h5H,1-4,7H2,(H,9,10);1H. The Bertz CT molecular complexity index is 143. The molecule has 0 saturated carbocycles. The second kappa shape index (κ2) is 4.54. The summed E-state index contributed by atoms with van der Waals surface area (Å²) in [5.74, 6) is 4.46. The second-order valence-electron chi connectivity index (χ2n) is 2.67. The van der Waals surface area contributed by atoms with Crippen LogP contribution in [-0.2, 0) is 4.79 Å². The molecule has 3 N–H and O–H groups in total. The summed E-state index contributed by atoms with van der Waals surface area (Å²) in [5, 5.41) is 10.1. The number of rotatable bonds is 1. The van der Waals surface area contributed by atoms with Crippen LogP contribution < -0.4 is 5.84 Å². The van der Waals surface area contributed by atoms with Crippen molar-refractivity contribution in [2.45, 2.75) is 12.8 Å². The molecule has 1 unspecified atom stereocenters. The Balaban J connectivity index is 0.000001000. The van der Waals surface area contributed by atoms with Crippen LogP contribution in [-0.4, -0.2) is 29.2 Å². The molecule has 0 aromatic carbocycles. The van der Waals surface area contributed by atoms with Crippen molar-refractivity contribution in [2.75, 3.05) is 13.1 Å². The molecule has 0 spiro atoms. The first kappa shape index (κ1) is 10.7. The lowest BCUT2D eigenvalue weighted by Crippen LogP contribution is -2.42. The smallest absolute Gasteiger partial charge is 0.307 e. The van der Waals surface area contributed by atoms with Gasteiger partial charge in [0.1, 0.15) is 0 Å². The van der Waals surface area contributed by atoms with Crippen molar-refractivity contribution in [3.63, 3.8) is 0 Å². The predicted molar refractivity (Wildman–Crippen MR) is 43.4 cm³/mol. The number of hydrazine groups is 1. The van der Waals surface area contributed by atoms with Crippen LogP contribution >= 0.6 is 12.4 Å². The van der Waals surface area contributed by atoms with Crippen LogP contribution in [0.4, 0.5) is 0 Å². The molecule has 5 heteroatoms. The molecule has 1 aliphatic heterocycles. The molecule has 1 aliphatic rings. The number of carboxylic acid groups (broad SMARTS) is 1. The molecule has 0 bridgehead atoms. The Kier molecular flexibility index (Phi) is 4.40. The van der Waals surface area contributed by atoms with Crippen molar-refractivity contribution in [3.05, 3.63) is 0 Å². The Morgan fingerprint density at radius 2 is 2.27 bits per heavy atom. The summed E-state index contributed by atoms with van der Waals surface area (Å²) in [6.07, 6.45) is 1.66. The molecule has 1 saturated heterocycles. The number of carboxylic acids is 1. The van der Waals surface area contributed by atoms with Gasteiger partial charge in [0, 0.05) is 13.1 Å². The third-order valence-corrected chi connectivity index (χ3v) is 1.80. The van der Waals surface area contributed by atoms with E-state index in [1.807, 2.05) is 0 Å². The molecule has 11 heavy (non-hydrogen) atoms. The highest BCUT2D eigenvalue weighted by molar-refractivity contribution is 5.85. The first-order chi connectivity index (χ1) is 4.70. The SMILES string of the molecule is Cl.NN1CCCC(C(=O)O)C1. The van der Waals surface area contributed by atoms with Crippen molar-refractivity contribution in [3.8, 4) is 0 Å². The number of aliphatic carboxylic acids is 1. The van der Waals surface area contributed by atoms with Gasteiger partial charge in [-0.25, -0.2) is 5.01 Å². The van der Waals surface area contributed by atoms with Gasteiger partial charge in [-0.15, -0.1) is 12.4 Å². The highest BCUT2D eigenvalue weighted by atomic mass is 35.5. The van der Waals surface area contributed by atoms with Gasteiger partial charge in [-0.3, -0.25) is 10.6 Å². The molecule has 4 nitrogen and oxygen atoms in total. The molecule has 0 aromatic rings. The maximum atomic E-state index is 10.4. The highest BCUT2D eigenvalue weighted by Gasteiger charge is 2.23. The van der Waals surface area contributed by atoms with E-state index in [-0.39, 0.29) is 18.3 Å². The minimum atomic E-state index is -0.727. The quantitative estimate of drug-likeness (QED) is 0.561. The van der Waals surface area contributed by atoms with E-state index in [0.29, 0.717) is 6.54 Å². The lowest BCUT2D eigenvalue weighted by atomic mass is 10.00. The fourth-order valence-electron chi connectivity index (χ4n) is 1.21. The van der Waals surface area contributed by atoms with Gasteiger partial charge in [-0.1, -0.05) is 0 Å². The fraction of sp³-hybridized carbons (Fsp3) is 0.833. The van der Waals surface area contributed by atoms with E-state index in [0.717, 1.165) is 19.4 Å². The zero-order valence-corrected chi connectivity index (χ0v) is 7.01. The molecule has 0 aliphatic carbocycles. The number of nitrogens with two attached hydrogens (primary N) is 1. The third-order valence-electron chi connectivity index (χ3n) is 1.80. The average Bonchev–Trinajstić information content (AvgIpc) is 1.88. The minimum Gasteiger partial charge on any atom is -0.481 e. The van der Waals surface area contributed by atoms with Crippen LogP contribution in [0.1, 0.15) is 12.8 Å². The van der Waals surface area contributed by atoms with Crippen molar-refractivity contribution in [2.24, 2.45) is 11.8 Å². The Hall–Kier alpha value is -0.320. The largest absolute Gasteiger partial charge is 0.481 e. The van der Waals surface area contributed by atoms with E-state index in [1.165, 1.54) is 0 Å². The Labute approximate surface area is 71.7 Å². The minimum absolute atomic E-state index is 0. The maximum Gasteiger partial charge on any atom is 0.307 e. The van der Waals surface area contributed by atoms with Gasteiger partial charge in [0.25, 0.3) is 0 Å². The van der Waals surface area contributed by atoms with Crippen molar-refractivity contribution < 1.29 is 9.90 Å². The lowest BCUT2D eigenvalue weighted by molar-refractivity contribution is -0.143. The molecule has 1 heterocycles. The summed E-state index contributed by atoms with van der Waals surface area (Å²) >= 11 is 0. The average molecular weight is 181 g/mol. The van der Waals surface area contributed by atoms with Gasteiger partial charge in [0.2, 0.25) is 0 Å². The summed E-state index contributed by atoms with van der Waals surface area (Å²) in [7, 11) is 0. The van der Waals surface area contributed by atoms with Crippen molar-refractivity contribution in [1.29, 1.82) is 0 Å². The predicted octanol–water partition coefficient (Wildman–Crippen LogP) is 0.0785. The summed E-state index contributed by atoms with van der Waals surface area (Å²) in [4.78, 5) is 10.4. The van der Waals surface area contributed by atoms with E-state index < -0.39 is 5.97 Å². The summed E-state index contributed by atoms with van der Waals surface area (Å²) in [6, 6.07) is 0. The molecule has 1 rings (SSSR count). The molecule has 1 atom stereocenters. The first-order valence-electron chi connectivity index (χ1n) is 3.42. The van der Waals surface area contributed by atoms with Gasteiger partial charge in [-0.2, -0.15) is 0 Å². The second-order valence-corrected chi connectivity index (χ2v) is 2.67. The summed E-state index contributed by atoms with van der Waals surface area (Å²) in [5.41, 5.74) is 0. The van der Waals surface area contributed by atoms with Gasteiger partial charge < -0.3 is 5.11 Å². The molecule has 0 radical (unpaired) electrons. The van der Waals surface area contributed by atoms with Crippen molar-refractivity contribution >= 4 is 18.4 Å². The van der Waals surface area contributed by atoms with Gasteiger partial charge in [0.05, 0.1) is 5.92 Å². The molecule has 0 amide bonds. The fourth-order valence-corrected chi connectivity index (χ4v) is 1.21. The number of hydrogen-bond acceptors (Lipinski definition) is 3. The van der Waals surface area contributed by atoms with E-state index >= 15 is 0 Å². The zero-order chi connectivity index (χ0) is 7.56. The number of piperidine rings is 1. The highest BCUT2D eigenvalue weighted by Crippen LogP contribution is 2.13. The summed E-state index contributed by atoms with van der Waals surface area (Å²) in [6.45, 7) is 1.32.